The van der Waals surface area contributed by atoms with E-state index in [1.165, 1.54) is 6.20 Å². The van der Waals surface area contributed by atoms with Gasteiger partial charge in [0.2, 0.25) is 5.91 Å². The van der Waals surface area contributed by atoms with E-state index in [0.717, 1.165) is 40.3 Å². The van der Waals surface area contributed by atoms with E-state index in [1.54, 1.807) is 6.07 Å². The smallest absolute Gasteiger partial charge is 0.337 e. The number of aryl methyl sites for hydroxylation is 1. The first-order chi connectivity index (χ1) is 17.6. The number of nitrogens with zero attached hydrogens (tertiary/aromatic N) is 2. The zero-order valence-corrected chi connectivity index (χ0v) is 21.7. The molecule has 1 amide bonds. The second kappa shape index (κ2) is 12.2. The van der Waals surface area contributed by atoms with Crippen molar-refractivity contribution in [3.05, 3.63) is 72.1 Å². The van der Waals surface area contributed by atoms with Gasteiger partial charge in [0, 0.05) is 29.5 Å². The van der Waals surface area contributed by atoms with Gasteiger partial charge in [0.05, 0.1) is 27.4 Å². The van der Waals surface area contributed by atoms with Crippen LogP contribution in [0, 0.1) is 12.3 Å². The van der Waals surface area contributed by atoms with Crippen molar-refractivity contribution < 1.29 is 19.4 Å². The maximum absolute atomic E-state index is 12.3. The Balaban J connectivity index is 0.000000244. The normalized spacial score (nSPS) is 11.0. The zero-order chi connectivity index (χ0) is 27.0. The quantitative estimate of drug-likeness (QED) is 0.276. The number of rotatable bonds is 8. The Labute approximate surface area is 216 Å². The summed E-state index contributed by atoms with van der Waals surface area (Å²) in [5.74, 6) is -0.289. The summed E-state index contributed by atoms with van der Waals surface area (Å²) in [5.41, 5.74) is 8.86. The Morgan fingerprint density at radius 3 is 2.54 bits per heavy atom. The molecule has 8 nitrogen and oxygen atoms in total. The number of benzene rings is 2. The van der Waals surface area contributed by atoms with Gasteiger partial charge in [-0.15, -0.1) is 0 Å². The molecule has 2 aromatic carbocycles. The number of aromatic carboxylic acids is 1. The van der Waals surface area contributed by atoms with Crippen LogP contribution < -0.4 is 15.8 Å². The number of carboxylic acid groups (broad SMARTS) is 1. The number of carbonyl (C=O) groups is 2. The maximum Gasteiger partial charge on any atom is 0.337 e. The number of nitrogens with one attached hydrogen (secondary N) is 1. The van der Waals surface area contributed by atoms with Gasteiger partial charge >= 0.3 is 5.97 Å². The minimum atomic E-state index is -0.946. The average Bonchev–Trinajstić information content (AvgIpc) is 2.87. The highest BCUT2D eigenvalue weighted by atomic mass is 16.5. The number of anilines is 1. The molecule has 4 N–H and O–H groups in total. The van der Waals surface area contributed by atoms with Crippen molar-refractivity contribution in [1.29, 1.82) is 0 Å². The zero-order valence-electron chi connectivity index (χ0n) is 21.7. The molecule has 0 unspecified atom stereocenters. The van der Waals surface area contributed by atoms with Crippen LogP contribution in [0.25, 0.3) is 21.8 Å². The molecule has 0 fully saturated rings. The van der Waals surface area contributed by atoms with Crippen LogP contribution in [-0.4, -0.2) is 40.1 Å². The predicted molar refractivity (Wildman–Crippen MR) is 147 cm³/mol. The fraction of sp³-hybridized carbons (Fsp3) is 0.310. The number of fused-ring (bicyclic) bond motifs is 2. The first-order valence-electron chi connectivity index (χ1n) is 12.3. The van der Waals surface area contributed by atoms with Gasteiger partial charge < -0.3 is 20.9 Å². The summed E-state index contributed by atoms with van der Waals surface area (Å²) < 4.78 is 5.95. The van der Waals surface area contributed by atoms with E-state index < -0.39 is 11.4 Å². The van der Waals surface area contributed by atoms with Crippen molar-refractivity contribution in [2.75, 3.05) is 18.9 Å². The molecule has 37 heavy (non-hydrogen) atoms. The standard InChI is InChI=1S/C19H27N3O2.C10H7NO2/c1-5-6-10-21-18(23)19(3,4)12-24-16-9-7-8-15-17(16)14(20)11-13(2)22-15;12-10(13)8-5-7-3-1-2-4-9(7)11-6-8/h7-9,11H,5-6,10,12H2,1-4H3,(H2,20,22)(H,21,23);1-6H,(H,12,13). The molecule has 8 heteroatoms. The van der Waals surface area contributed by atoms with E-state index in [-0.39, 0.29) is 18.1 Å². The van der Waals surface area contributed by atoms with Gasteiger partial charge in [0.25, 0.3) is 0 Å². The number of nitrogen functional groups attached to an aromatic ring is 1. The summed E-state index contributed by atoms with van der Waals surface area (Å²) in [4.78, 5) is 31.4. The topological polar surface area (TPSA) is 127 Å². The van der Waals surface area contributed by atoms with Crippen molar-refractivity contribution in [3.8, 4) is 5.75 Å². The van der Waals surface area contributed by atoms with Crippen LogP contribution in [0.3, 0.4) is 0 Å². The SMILES string of the molecule is CCCCNC(=O)C(C)(C)COc1cccc2nc(C)cc(N)c12.O=C(O)c1cnc2ccccc2c1. The number of para-hydroxylation sites is 1. The largest absolute Gasteiger partial charge is 0.492 e. The molecule has 0 bridgehead atoms. The highest BCUT2D eigenvalue weighted by molar-refractivity contribution is 5.95. The summed E-state index contributed by atoms with van der Waals surface area (Å²) in [7, 11) is 0. The molecule has 0 spiro atoms. The Kier molecular flexibility index (Phi) is 9.00. The number of pyridine rings is 2. The lowest BCUT2D eigenvalue weighted by molar-refractivity contribution is -0.130. The molecular weight excluding hydrogens is 468 g/mol. The Morgan fingerprint density at radius 2 is 1.81 bits per heavy atom. The number of amides is 1. The minimum absolute atomic E-state index is 0.00173. The molecule has 194 valence electrons. The van der Waals surface area contributed by atoms with Crippen LogP contribution in [0.5, 0.6) is 5.75 Å². The van der Waals surface area contributed by atoms with Crippen molar-refractivity contribution in [2.24, 2.45) is 5.41 Å². The molecule has 2 aromatic heterocycles. The number of carboxylic acids is 1. The van der Waals surface area contributed by atoms with Crippen LogP contribution in [0.1, 0.15) is 49.7 Å². The van der Waals surface area contributed by atoms with Gasteiger partial charge in [-0.1, -0.05) is 37.6 Å². The lowest BCUT2D eigenvalue weighted by Gasteiger charge is -2.24. The van der Waals surface area contributed by atoms with E-state index in [4.69, 9.17) is 15.6 Å². The van der Waals surface area contributed by atoms with E-state index in [1.807, 2.05) is 69.3 Å². The highest BCUT2D eigenvalue weighted by Crippen LogP contribution is 2.31. The van der Waals surface area contributed by atoms with Crippen molar-refractivity contribution in [3.63, 3.8) is 0 Å². The molecule has 2 heterocycles. The Bertz CT molecular complexity index is 1400. The number of hydrogen-bond donors (Lipinski definition) is 3. The van der Waals surface area contributed by atoms with Gasteiger partial charge in [-0.25, -0.2) is 4.79 Å². The molecule has 0 aliphatic rings. The second-order valence-corrected chi connectivity index (χ2v) is 9.51. The molecule has 0 saturated carbocycles. The van der Waals surface area contributed by atoms with E-state index >= 15 is 0 Å². The first kappa shape index (κ1) is 27.4. The van der Waals surface area contributed by atoms with Crippen LogP contribution in [-0.2, 0) is 4.79 Å². The third-order valence-electron chi connectivity index (χ3n) is 5.81. The molecule has 4 rings (SSSR count). The molecule has 0 radical (unpaired) electrons. The van der Waals surface area contributed by atoms with Crippen molar-refractivity contribution in [2.45, 2.75) is 40.5 Å². The average molecular weight is 503 g/mol. The van der Waals surface area contributed by atoms with Gasteiger partial charge in [0.1, 0.15) is 12.4 Å². The third-order valence-corrected chi connectivity index (χ3v) is 5.81. The maximum atomic E-state index is 12.3. The Morgan fingerprint density at radius 1 is 1.08 bits per heavy atom. The summed E-state index contributed by atoms with van der Waals surface area (Å²) in [5, 5.41) is 13.3. The molecule has 4 aromatic rings. The lowest BCUT2D eigenvalue weighted by Crippen LogP contribution is -2.41. The monoisotopic (exact) mass is 502 g/mol. The number of unbranched alkanes of at least 4 members (excludes halogenated alkanes) is 1. The molecule has 0 atom stereocenters. The van der Waals surface area contributed by atoms with E-state index in [0.29, 0.717) is 18.0 Å². The third kappa shape index (κ3) is 7.16. The molecule has 0 aliphatic carbocycles. The molecule has 0 aliphatic heterocycles. The fourth-order valence-electron chi connectivity index (χ4n) is 3.67. The number of aromatic nitrogens is 2. The van der Waals surface area contributed by atoms with Crippen molar-refractivity contribution >= 4 is 39.4 Å². The van der Waals surface area contributed by atoms with Crippen LogP contribution >= 0.6 is 0 Å². The van der Waals surface area contributed by atoms with Crippen molar-refractivity contribution in [1.82, 2.24) is 15.3 Å². The number of nitrogens with two attached hydrogens (primary N) is 1. The van der Waals surface area contributed by atoms with Crippen LogP contribution in [0.4, 0.5) is 5.69 Å². The van der Waals surface area contributed by atoms with E-state index in [9.17, 15) is 9.59 Å². The highest BCUT2D eigenvalue weighted by Gasteiger charge is 2.28. The summed E-state index contributed by atoms with van der Waals surface area (Å²) in [6.07, 6.45) is 3.40. The Hall–Kier alpha value is -4.20. The van der Waals surface area contributed by atoms with Gasteiger partial charge in [-0.05, 0) is 57.5 Å². The molecule has 0 saturated heterocycles. The number of hydrogen-bond acceptors (Lipinski definition) is 6. The fourth-order valence-corrected chi connectivity index (χ4v) is 3.67. The van der Waals surface area contributed by atoms with Gasteiger partial charge in [-0.3, -0.25) is 14.8 Å². The predicted octanol–water partition coefficient (Wildman–Crippen LogP) is 5.38. The summed E-state index contributed by atoms with van der Waals surface area (Å²) in [6.45, 7) is 8.74. The van der Waals surface area contributed by atoms with Crippen LogP contribution in [0.15, 0.2) is 60.8 Å². The summed E-state index contributed by atoms with van der Waals surface area (Å²) in [6, 6.07) is 16.5. The second-order valence-electron chi connectivity index (χ2n) is 9.51. The number of ether oxygens (including phenoxy) is 1. The lowest BCUT2D eigenvalue weighted by atomic mass is 9.93. The molecular formula is C29H34N4O4. The first-order valence-corrected chi connectivity index (χ1v) is 12.3. The van der Waals surface area contributed by atoms with Gasteiger partial charge in [0.15, 0.2) is 0 Å². The summed E-state index contributed by atoms with van der Waals surface area (Å²) >= 11 is 0. The number of carbonyl (C=O) groups excluding carboxylic acids is 1. The van der Waals surface area contributed by atoms with Gasteiger partial charge in [-0.2, -0.15) is 0 Å². The van der Waals surface area contributed by atoms with Crippen LogP contribution in [0.2, 0.25) is 0 Å². The van der Waals surface area contributed by atoms with E-state index in [2.05, 4.69) is 22.2 Å². The minimum Gasteiger partial charge on any atom is -0.492 e.